The third-order valence-electron chi connectivity index (χ3n) is 7.20. The van der Waals surface area contributed by atoms with Crippen LogP contribution in [0.1, 0.15) is 44.8 Å². The summed E-state index contributed by atoms with van der Waals surface area (Å²) in [6.45, 7) is -0.561. The number of aliphatic hydroxyl groups excluding tert-OH is 2. The first-order valence-corrected chi connectivity index (χ1v) is 18.2. The van der Waals surface area contributed by atoms with Crippen molar-refractivity contribution < 1.29 is 76.8 Å². The average molecular weight is 738 g/mol. The molecule has 5 N–H and O–H groups in total. The predicted octanol–water partition coefficient (Wildman–Crippen LogP) is -1.37. The number of nitrogens with one attached hydrogen (secondary N) is 3. The predicted molar refractivity (Wildman–Crippen MR) is 171 cm³/mol. The minimum atomic E-state index is -5.49. The van der Waals surface area contributed by atoms with Crippen molar-refractivity contribution >= 4 is 49.4 Å². The minimum absolute atomic E-state index is 0. The second-order valence-corrected chi connectivity index (χ2v) is 14.1. The zero-order valence-corrected chi connectivity index (χ0v) is 30.7. The van der Waals surface area contributed by atoms with Gasteiger partial charge in [0.15, 0.2) is 11.3 Å². The summed E-state index contributed by atoms with van der Waals surface area (Å²) in [6, 6.07) is 15.0. The summed E-state index contributed by atoms with van der Waals surface area (Å²) in [4.78, 5) is 49.3. The number of anilines is 1. The van der Waals surface area contributed by atoms with E-state index in [0.29, 0.717) is 24.5 Å². The van der Waals surface area contributed by atoms with Gasteiger partial charge < -0.3 is 44.4 Å². The van der Waals surface area contributed by atoms with E-state index in [1.165, 1.54) is 0 Å². The quantitative estimate of drug-likeness (QED) is 0.0465. The van der Waals surface area contributed by atoms with E-state index in [-0.39, 0.29) is 36.2 Å². The summed E-state index contributed by atoms with van der Waals surface area (Å²) < 4.78 is 43.4. The zero-order chi connectivity index (χ0) is 34.0. The second kappa shape index (κ2) is 19.0. The first kappa shape index (κ1) is 40.6. The van der Waals surface area contributed by atoms with Crippen molar-refractivity contribution in [2.45, 2.75) is 63.1 Å². The van der Waals surface area contributed by atoms with Crippen LogP contribution in [0.2, 0.25) is 0 Å². The molecule has 1 saturated heterocycles. The molecule has 4 rings (SSSR count). The third-order valence-corrected chi connectivity index (χ3v) is 10.0. The number of phosphoric acid groups is 2. The van der Waals surface area contributed by atoms with Gasteiger partial charge in [-0.1, -0.05) is 62.1 Å². The molecule has 0 spiro atoms. The number of aromatic amines is 1. The number of aliphatic hydroxyl groups is 2. The Kier molecular flexibility index (Phi) is 16.1. The van der Waals surface area contributed by atoms with E-state index in [2.05, 4.69) is 24.0 Å². The molecule has 0 bridgehead atoms. The number of phosphoric ester groups is 2. The Bertz CT molecular complexity index is 1720. The molecule has 20 heteroatoms. The monoisotopic (exact) mass is 737 g/mol. The van der Waals surface area contributed by atoms with Crippen LogP contribution in [0.5, 0.6) is 0 Å². The molecule has 0 amide bonds. The normalized spacial score (nSPS) is 21.6. The summed E-state index contributed by atoms with van der Waals surface area (Å²) in [7, 11) is -10.8. The smallest absolute Gasteiger partial charge is 0.756 e. The number of benzene rings is 2. The molecule has 1 aromatic heterocycles. The average Bonchev–Trinajstić information content (AvgIpc) is 3.29. The zero-order valence-electron chi connectivity index (χ0n) is 26.1. The Balaban J connectivity index is 0.00000625. The van der Waals surface area contributed by atoms with E-state index in [1.807, 2.05) is 47.4 Å². The number of aromatic nitrogens is 2. The molecule has 1 aliphatic heterocycles. The summed E-state index contributed by atoms with van der Waals surface area (Å²) in [6.07, 6.45) is -0.923. The summed E-state index contributed by atoms with van der Waals surface area (Å²) in [5, 5.41) is 29.5. The van der Waals surface area contributed by atoms with Gasteiger partial charge in [0.05, 0.1) is 13.2 Å². The van der Waals surface area contributed by atoms with Gasteiger partial charge in [-0.25, -0.2) is 9.11 Å². The standard InChI is InChI=1S/C28H38N4O12P2S.Na/c33-23-14-16-32(28(36)31-23)26-25(35)24(34)22(43-26)18-42-46(39,40)44-45(37,38)41-17-8-4-2-1-3-7-15-29-27(47)30-21-13-9-11-19-10-5-6-12-20(19)21;/h5-6,9-14,16,22,24-26,34-35H,1-4,7-8,15,17-18H2,(H,37,38)(H,39,40)(H2,29,30,47)(H,31,33,36);/q;+1/p-2. The maximum absolute atomic E-state index is 12.1. The number of rotatable bonds is 17. The molecule has 48 heavy (non-hydrogen) atoms. The number of H-pyrrole nitrogens is 1. The van der Waals surface area contributed by atoms with Crippen LogP contribution < -0.4 is 61.2 Å². The Labute approximate surface area is 303 Å². The fourth-order valence-electron chi connectivity index (χ4n) is 4.87. The topological polar surface area (TPSA) is 237 Å². The van der Waals surface area contributed by atoms with Crippen LogP contribution in [0.15, 0.2) is 64.3 Å². The number of unbranched alkanes of at least 4 members (excludes halogenated alkanes) is 5. The van der Waals surface area contributed by atoms with Gasteiger partial charge in [-0.05, 0) is 36.5 Å². The maximum atomic E-state index is 12.1. The molecule has 1 aliphatic rings. The van der Waals surface area contributed by atoms with Gasteiger partial charge in [-0.2, -0.15) is 0 Å². The molecule has 0 aliphatic carbocycles. The molecule has 2 aromatic carbocycles. The van der Waals surface area contributed by atoms with Gasteiger partial charge in [-0.3, -0.25) is 23.5 Å². The van der Waals surface area contributed by atoms with Crippen LogP contribution >= 0.6 is 27.9 Å². The van der Waals surface area contributed by atoms with Crippen LogP contribution in [0.3, 0.4) is 0 Å². The largest absolute Gasteiger partial charge is 1.00 e. The number of fused-ring (bicyclic) bond motifs is 1. The van der Waals surface area contributed by atoms with Crippen LogP contribution in [-0.4, -0.2) is 62.9 Å². The van der Waals surface area contributed by atoms with Crippen molar-refractivity contribution in [3.05, 3.63) is 75.6 Å². The Hall–Kier alpha value is -1.79. The van der Waals surface area contributed by atoms with Gasteiger partial charge in [0, 0.05) is 29.9 Å². The van der Waals surface area contributed by atoms with Crippen LogP contribution in [0.25, 0.3) is 10.8 Å². The molecule has 6 unspecified atom stereocenters. The number of hydrogen-bond donors (Lipinski definition) is 5. The maximum Gasteiger partial charge on any atom is 1.00 e. The number of nitrogens with zero attached hydrogens (tertiary/aromatic N) is 1. The Morgan fingerprint density at radius 2 is 1.60 bits per heavy atom. The van der Waals surface area contributed by atoms with E-state index in [0.717, 1.165) is 59.0 Å². The van der Waals surface area contributed by atoms with Crippen molar-refractivity contribution in [2.24, 2.45) is 0 Å². The Morgan fingerprint density at radius 3 is 2.35 bits per heavy atom. The molecule has 3 aromatic rings. The number of thiocarbonyl (C=S) groups is 1. The molecule has 1 fully saturated rings. The molecule has 0 saturated carbocycles. The van der Waals surface area contributed by atoms with Crippen molar-refractivity contribution in [3.8, 4) is 0 Å². The van der Waals surface area contributed by atoms with E-state index in [9.17, 15) is 38.7 Å². The molecule has 16 nitrogen and oxygen atoms in total. The van der Waals surface area contributed by atoms with Gasteiger partial charge in [0.25, 0.3) is 21.2 Å². The van der Waals surface area contributed by atoms with Gasteiger partial charge in [0.1, 0.15) is 18.3 Å². The van der Waals surface area contributed by atoms with Crippen LogP contribution in [0.4, 0.5) is 5.69 Å². The van der Waals surface area contributed by atoms with E-state index >= 15 is 0 Å². The van der Waals surface area contributed by atoms with Crippen molar-refractivity contribution in [1.29, 1.82) is 0 Å². The molecule has 0 radical (unpaired) electrons. The second-order valence-electron chi connectivity index (χ2n) is 10.7. The number of ether oxygens (including phenoxy) is 1. The Morgan fingerprint density at radius 1 is 0.938 bits per heavy atom. The minimum Gasteiger partial charge on any atom is -0.756 e. The summed E-state index contributed by atoms with van der Waals surface area (Å²) >= 11 is 5.40. The van der Waals surface area contributed by atoms with Crippen LogP contribution in [0, 0.1) is 0 Å². The fourth-order valence-corrected chi connectivity index (χ4v) is 7.12. The molecule has 6 atom stereocenters. The number of hydrogen-bond acceptors (Lipinski definition) is 13. The summed E-state index contributed by atoms with van der Waals surface area (Å²) in [5.41, 5.74) is -0.726. The fraction of sp³-hybridized carbons (Fsp3) is 0.464. The van der Waals surface area contributed by atoms with Crippen LogP contribution in [-0.2, 0) is 27.2 Å². The van der Waals surface area contributed by atoms with Crippen molar-refractivity contribution in [1.82, 2.24) is 14.9 Å². The van der Waals surface area contributed by atoms with E-state index in [4.69, 9.17) is 17.0 Å². The van der Waals surface area contributed by atoms with Gasteiger partial charge in [0.2, 0.25) is 0 Å². The SMILES string of the molecule is O=c1ccn(C2OC(COP(=O)([O-])OP(=O)([O-])OCCCCCCCCNC(=S)Nc3cccc4ccccc34)C(O)C2O)c(=O)[nH]1.[Na+]. The molecule has 258 valence electrons. The van der Waals surface area contributed by atoms with Crippen molar-refractivity contribution in [3.63, 3.8) is 0 Å². The van der Waals surface area contributed by atoms with Gasteiger partial charge >= 0.3 is 35.2 Å². The van der Waals surface area contributed by atoms with E-state index < -0.39 is 58.0 Å². The molecular weight excluding hydrogens is 701 g/mol. The molecule has 2 heterocycles. The first-order valence-electron chi connectivity index (χ1n) is 14.8. The van der Waals surface area contributed by atoms with Crippen molar-refractivity contribution in [2.75, 3.05) is 25.1 Å². The third kappa shape index (κ3) is 12.2. The summed E-state index contributed by atoms with van der Waals surface area (Å²) in [5.74, 6) is 0. The van der Waals surface area contributed by atoms with Gasteiger partial charge in [-0.15, -0.1) is 0 Å². The first-order chi connectivity index (χ1) is 22.3. The van der Waals surface area contributed by atoms with E-state index in [1.54, 1.807) is 0 Å². The molecular formula is C28H36N4NaO12P2S-.